The van der Waals surface area contributed by atoms with Gasteiger partial charge in [-0.15, -0.1) is 0 Å². The van der Waals surface area contributed by atoms with Gasteiger partial charge >= 0.3 is 0 Å². The van der Waals surface area contributed by atoms with Crippen molar-refractivity contribution < 1.29 is 22.3 Å². The molecule has 0 bridgehead atoms. The lowest BCUT2D eigenvalue weighted by molar-refractivity contribution is -0.125. The van der Waals surface area contributed by atoms with Crippen LogP contribution in [0, 0.1) is 5.82 Å². The van der Waals surface area contributed by atoms with Gasteiger partial charge in [0.15, 0.2) is 4.91 Å². The highest BCUT2D eigenvalue weighted by Gasteiger charge is 2.38. The van der Waals surface area contributed by atoms with Crippen LogP contribution in [0.3, 0.4) is 0 Å². The van der Waals surface area contributed by atoms with Gasteiger partial charge in [0, 0.05) is 25.0 Å². The Bertz CT molecular complexity index is 1070. The van der Waals surface area contributed by atoms with Gasteiger partial charge in [-0.3, -0.25) is 4.79 Å². The molecule has 0 aliphatic carbocycles. The Hall–Kier alpha value is -2.87. The van der Waals surface area contributed by atoms with Gasteiger partial charge < -0.3 is 14.5 Å². The molecule has 2 aromatic carbocycles. The molecule has 0 saturated carbocycles. The standard InChI is InChI=1S/C21H21FN2O4S/c1-2-28-17-8-6-16(7-9-17)24-14-20(21(25)23-11-3-4-12-23)29(26,27)19-10-5-15(22)13-18(19)24/h5-10,13-14H,2-4,11-12H2,1H3. The molecule has 152 valence electrons. The number of likely N-dealkylation sites (tertiary alicyclic amines) is 1. The third-order valence-electron chi connectivity index (χ3n) is 5.04. The minimum atomic E-state index is -4.06. The lowest BCUT2D eigenvalue weighted by atomic mass is 10.2. The van der Waals surface area contributed by atoms with E-state index in [9.17, 15) is 17.6 Å². The van der Waals surface area contributed by atoms with Gasteiger partial charge in [0.1, 0.15) is 11.6 Å². The van der Waals surface area contributed by atoms with Crippen LogP contribution in [0.4, 0.5) is 15.8 Å². The normalized spacial score (nSPS) is 17.7. The second-order valence-corrected chi connectivity index (χ2v) is 8.79. The number of fused-ring (bicyclic) bond motifs is 1. The van der Waals surface area contributed by atoms with Crippen LogP contribution in [0.1, 0.15) is 19.8 Å². The molecule has 0 unspecified atom stereocenters. The Balaban J connectivity index is 1.84. The number of hydrogen-bond donors (Lipinski definition) is 0. The summed E-state index contributed by atoms with van der Waals surface area (Å²) in [5.74, 6) is -0.413. The van der Waals surface area contributed by atoms with Crippen molar-refractivity contribution in [2.75, 3.05) is 24.6 Å². The van der Waals surface area contributed by atoms with E-state index in [0.29, 0.717) is 31.1 Å². The summed E-state index contributed by atoms with van der Waals surface area (Å²) in [5.41, 5.74) is 0.772. The third kappa shape index (κ3) is 3.48. The van der Waals surface area contributed by atoms with E-state index in [0.717, 1.165) is 25.0 Å². The number of benzene rings is 2. The zero-order chi connectivity index (χ0) is 20.6. The third-order valence-corrected chi connectivity index (χ3v) is 6.82. The average Bonchev–Trinajstić information content (AvgIpc) is 3.23. The number of rotatable bonds is 4. The first-order valence-electron chi connectivity index (χ1n) is 9.49. The smallest absolute Gasteiger partial charge is 0.267 e. The van der Waals surface area contributed by atoms with E-state index in [1.807, 2.05) is 6.92 Å². The second kappa shape index (κ2) is 7.51. The van der Waals surface area contributed by atoms with Gasteiger partial charge in [-0.05, 0) is 62.2 Å². The molecule has 0 atom stereocenters. The summed E-state index contributed by atoms with van der Waals surface area (Å²) in [6.07, 6.45) is 3.00. The van der Waals surface area contributed by atoms with E-state index in [1.165, 1.54) is 12.3 Å². The lowest BCUT2D eigenvalue weighted by Crippen LogP contribution is -2.35. The molecule has 2 aliphatic heterocycles. The quantitative estimate of drug-likeness (QED) is 0.713. The summed E-state index contributed by atoms with van der Waals surface area (Å²) >= 11 is 0. The van der Waals surface area contributed by atoms with E-state index < -0.39 is 21.6 Å². The molecule has 2 aromatic rings. The minimum Gasteiger partial charge on any atom is -0.494 e. The molecule has 1 saturated heterocycles. The van der Waals surface area contributed by atoms with Crippen molar-refractivity contribution in [2.24, 2.45) is 0 Å². The predicted molar refractivity (Wildman–Crippen MR) is 107 cm³/mol. The molecule has 6 nitrogen and oxygen atoms in total. The molecule has 1 fully saturated rings. The first-order chi connectivity index (χ1) is 13.9. The van der Waals surface area contributed by atoms with Crippen molar-refractivity contribution in [1.82, 2.24) is 4.90 Å². The average molecular weight is 416 g/mol. The largest absolute Gasteiger partial charge is 0.494 e. The van der Waals surface area contributed by atoms with E-state index in [2.05, 4.69) is 0 Å². The van der Waals surface area contributed by atoms with Crippen LogP contribution in [0.2, 0.25) is 0 Å². The fourth-order valence-corrected chi connectivity index (χ4v) is 5.13. The lowest BCUT2D eigenvalue weighted by Gasteiger charge is -2.30. The van der Waals surface area contributed by atoms with E-state index in [-0.39, 0.29) is 15.5 Å². The Morgan fingerprint density at radius 1 is 1.10 bits per heavy atom. The van der Waals surface area contributed by atoms with Gasteiger partial charge in [0.25, 0.3) is 5.91 Å². The van der Waals surface area contributed by atoms with Crippen molar-refractivity contribution in [3.05, 3.63) is 59.4 Å². The monoisotopic (exact) mass is 416 g/mol. The topological polar surface area (TPSA) is 66.9 Å². The summed E-state index contributed by atoms with van der Waals surface area (Å²) < 4.78 is 45.7. The summed E-state index contributed by atoms with van der Waals surface area (Å²) in [7, 11) is -4.06. The molecule has 2 heterocycles. The maximum atomic E-state index is 14.0. The SMILES string of the molecule is CCOc1ccc(N2C=C(C(=O)N3CCCC3)S(=O)(=O)c3ccc(F)cc32)cc1. The Kier molecular flexibility index (Phi) is 5.04. The molecule has 0 N–H and O–H groups in total. The van der Waals surface area contributed by atoms with Gasteiger partial charge in [-0.2, -0.15) is 0 Å². The van der Waals surface area contributed by atoms with Crippen molar-refractivity contribution in [3.63, 3.8) is 0 Å². The van der Waals surface area contributed by atoms with E-state index >= 15 is 0 Å². The Morgan fingerprint density at radius 2 is 1.79 bits per heavy atom. The number of halogens is 1. The Labute approximate surface area is 169 Å². The van der Waals surface area contributed by atoms with Crippen molar-refractivity contribution >= 4 is 27.1 Å². The minimum absolute atomic E-state index is 0.0853. The number of ether oxygens (including phenoxy) is 1. The highest BCUT2D eigenvalue weighted by Crippen LogP contribution is 2.41. The van der Waals surface area contributed by atoms with Crippen LogP contribution in [0.15, 0.2) is 58.5 Å². The maximum absolute atomic E-state index is 14.0. The fraction of sp³-hybridized carbons (Fsp3) is 0.286. The molecular formula is C21H21FN2O4S. The molecule has 1 amide bonds. The molecule has 2 aliphatic rings. The molecule has 8 heteroatoms. The van der Waals surface area contributed by atoms with Gasteiger partial charge in [-0.1, -0.05) is 0 Å². The van der Waals surface area contributed by atoms with Crippen molar-refractivity contribution in [2.45, 2.75) is 24.7 Å². The summed E-state index contributed by atoms with van der Waals surface area (Å²) in [6.45, 7) is 3.46. The highest BCUT2D eigenvalue weighted by molar-refractivity contribution is 7.96. The van der Waals surface area contributed by atoms with Crippen LogP contribution >= 0.6 is 0 Å². The zero-order valence-electron chi connectivity index (χ0n) is 16.0. The molecule has 0 aromatic heterocycles. The van der Waals surface area contributed by atoms with Crippen molar-refractivity contribution in [1.29, 1.82) is 0 Å². The molecule has 4 rings (SSSR count). The summed E-state index contributed by atoms with van der Waals surface area (Å²) in [4.78, 5) is 15.7. The van der Waals surface area contributed by atoms with Crippen LogP contribution in [0.5, 0.6) is 5.75 Å². The molecular weight excluding hydrogens is 395 g/mol. The Morgan fingerprint density at radius 3 is 2.45 bits per heavy atom. The first kappa shape index (κ1) is 19.4. The molecule has 0 radical (unpaired) electrons. The number of carbonyl (C=O) groups is 1. The number of sulfone groups is 1. The number of anilines is 2. The highest BCUT2D eigenvalue weighted by atomic mass is 32.2. The summed E-state index contributed by atoms with van der Waals surface area (Å²) in [6, 6.07) is 10.4. The number of amides is 1. The van der Waals surface area contributed by atoms with Crippen LogP contribution in [-0.2, 0) is 14.6 Å². The molecule has 0 spiro atoms. The number of carbonyl (C=O) groups excluding carboxylic acids is 1. The number of hydrogen-bond acceptors (Lipinski definition) is 5. The zero-order valence-corrected chi connectivity index (χ0v) is 16.8. The summed E-state index contributed by atoms with van der Waals surface area (Å²) in [5, 5.41) is 0. The van der Waals surface area contributed by atoms with E-state index in [1.54, 1.807) is 34.1 Å². The molecule has 29 heavy (non-hydrogen) atoms. The van der Waals surface area contributed by atoms with Gasteiger partial charge in [0.05, 0.1) is 17.2 Å². The number of nitrogens with zero attached hydrogens (tertiary/aromatic N) is 2. The van der Waals surface area contributed by atoms with Crippen molar-refractivity contribution in [3.8, 4) is 5.75 Å². The predicted octanol–water partition coefficient (Wildman–Crippen LogP) is 3.61. The van der Waals surface area contributed by atoms with Gasteiger partial charge in [0.2, 0.25) is 9.84 Å². The fourth-order valence-electron chi connectivity index (χ4n) is 3.61. The first-order valence-corrected chi connectivity index (χ1v) is 11.0. The van der Waals surface area contributed by atoms with E-state index in [4.69, 9.17) is 4.74 Å². The maximum Gasteiger partial charge on any atom is 0.267 e. The van der Waals surface area contributed by atoms with Crippen LogP contribution in [-0.4, -0.2) is 38.9 Å². The van der Waals surface area contributed by atoms with Crippen LogP contribution in [0.25, 0.3) is 0 Å². The second-order valence-electron chi connectivity index (χ2n) is 6.91. The van der Waals surface area contributed by atoms with Crippen LogP contribution < -0.4 is 9.64 Å². The van der Waals surface area contributed by atoms with Gasteiger partial charge in [-0.25, -0.2) is 12.8 Å².